The molecule has 0 radical (unpaired) electrons. The molecular weight excluding hydrogens is 392 g/mol. The number of ether oxygens (including phenoxy) is 1. The number of anilines is 3. The quantitative estimate of drug-likeness (QED) is 0.526. The molecule has 0 bridgehead atoms. The van der Waals surface area contributed by atoms with Crippen LogP contribution in [0.15, 0.2) is 30.7 Å². The van der Waals surface area contributed by atoms with Crippen LogP contribution < -0.4 is 10.6 Å². The second kappa shape index (κ2) is 9.53. The summed E-state index contributed by atoms with van der Waals surface area (Å²) in [6.45, 7) is 4.56. The van der Waals surface area contributed by atoms with Crippen LogP contribution in [0.4, 0.5) is 17.5 Å². The number of nitrogens with one attached hydrogen (secondary N) is 2. The van der Waals surface area contributed by atoms with Crippen molar-refractivity contribution in [3.8, 4) is 0 Å². The van der Waals surface area contributed by atoms with Gasteiger partial charge in [0, 0.05) is 48.7 Å². The van der Waals surface area contributed by atoms with Crippen molar-refractivity contribution in [3.63, 3.8) is 0 Å². The maximum atomic E-state index is 9.93. The number of pyridine rings is 2. The monoisotopic (exact) mass is 422 g/mol. The highest BCUT2D eigenvalue weighted by Crippen LogP contribution is 2.37. The van der Waals surface area contributed by atoms with Gasteiger partial charge in [-0.1, -0.05) is 0 Å². The van der Waals surface area contributed by atoms with Gasteiger partial charge in [-0.2, -0.15) is 0 Å². The fraction of sp³-hybridized carbons (Fsp3) is 0.478. The second-order valence-corrected chi connectivity index (χ2v) is 8.34. The maximum Gasteiger partial charge on any atom is 0.223 e. The summed E-state index contributed by atoms with van der Waals surface area (Å²) in [4.78, 5) is 18.4. The minimum Gasteiger partial charge on any atom is -0.393 e. The molecule has 0 unspecified atom stereocenters. The molecule has 8 heteroatoms. The number of nitrogens with zero attached hydrogens (tertiary/aromatic N) is 4. The van der Waals surface area contributed by atoms with E-state index in [9.17, 15) is 5.11 Å². The fourth-order valence-electron chi connectivity index (χ4n) is 4.17. The molecule has 4 rings (SSSR count). The molecule has 1 aliphatic rings. The lowest BCUT2D eigenvalue weighted by atomic mass is 9.82. The molecule has 0 aromatic carbocycles. The number of rotatable bonds is 7. The van der Waals surface area contributed by atoms with Crippen LogP contribution >= 0.6 is 0 Å². The van der Waals surface area contributed by atoms with Crippen molar-refractivity contribution in [2.24, 2.45) is 0 Å². The highest BCUT2D eigenvalue weighted by Gasteiger charge is 2.24. The molecule has 0 spiro atoms. The Labute approximate surface area is 182 Å². The largest absolute Gasteiger partial charge is 0.393 e. The number of hydrogen-bond acceptors (Lipinski definition) is 8. The minimum absolute atomic E-state index is 0.0926. The third-order valence-corrected chi connectivity index (χ3v) is 5.74. The van der Waals surface area contributed by atoms with E-state index in [1.807, 2.05) is 38.4 Å². The first kappa shape index (κ1) is 21.4. The molecule has 3 aromatic rings. The van der Waals surface area contributed by atoms with Crippen LogP contribution in [0, 0.1) is 6.92 Å². The molecule has 1 aliphatic carbocycles. The van der Waals surface area contributed by atoms with Crippen LogP contribution in [0.1, 0.15) is 49.8 Å². The van der Waals surface area contributed by atoms with Crippen molar-refractivity contribution in [1.82, 2.24) is 19.9 Å². The van der Waals surface area contributed by atoms with E-state index >= 15 is 0 Å². The first-order chi connectivity index (χ1) is 15.0. The zero-order valence-corrected chi connectivity index (χ0v) is 18.3. The van der Waals surface area contributed by atoms with Gasteiger partial charge in [0.1, 0.15) is 5.82 Å². The zero-order valence-electron chi connectivity index (χ0n) is 18.3. The van der Waals surface area contributed by atoms with E-state index in [0.717, 1.165) is 59.3 Å². The average Bonchev–Trinajstić information content (AvgIpc) is 2.75. The van der Waals surface area contributed by atoms with E-state index in [-0.39, 0.29) is 12.1 Å². The van der Waals surface area contributed by atoms with Gasteiger partial charge in [-0.25, -0.2) is 15.0 Å². The van der Waals surface area contributed by atoms with Gasteiger partial charge < -0.3 is 20.5 Å². The molecule has 3 aromatic heterocycles. The smallest absolute Gasteiger partial charge is 0.223 e. The topological polar surface area (TPSA) is 105 Å². The van der Waals surface area contributed by atoms with Crippen molar-refractivity contribution in [1.29, 1.82) is 0 Å². The summed E-state index contributed by atoms with van der Waals surface area (Å²) in [5, 5.41) is 17.5. The minimum atomic E-state index is -0.201. The summed E-state index contributed by atoms with van der Waals surface area (Å²) in [5.41, 5.74) is 3.86. The maximum absolute atomic E-state index is 9.93. The molecule has 0 saturated heterocycles. The van der Waals surface area contributed by atoms with Crippen LogP contribution in [-0.4, -0.2) is 50.9 Å². The Morgan fingerprint density at radius 2 is 1.97 bits per heavy atom. The Kier molecular flexibility index (Phi) is 6.58. The van der Waals surface area contributed by atoms with Gasteiger partial charge in [0.25, 0.3) is 0 Å². The van der Waals surface area contributed by atoms with E-state index in [0.29, 0.717) is 18.5 Å². The Morgan fingerprint density at radius 3 is 2.71 bits per heavy atom. The standard InChI is InChI=1S/C23H30N6O2/c1-14-10-17(8-9-24-14)28-22-20-12-26-23(27-15(2)13-31-3)29-21(20)19(11-25-22)16-4-6-18(30)7-5-16/h8-12,15-16,18,30H,4-7,13H2,1-3H3,(H,24,25,28)(H,26,27,29)/t15-,16?,18?/m0/s1. The van der Waals surface area contributed by atoms with E-state index in [1.165, 1.54) is 0 Å². The first-order valence-electron chi connectivity index (χ1n) is 10.8. The SMILES string of the molecule is COC[C@H](C)Nc1ncc2c(Nc3ccnc(C)c3)ncc(C3CCC(O)CC3)c2n1. The molecule has 3 N–H and O–H groups in total. The van der Waals surface area contributed by atoms with Gasteiger partial charge in [-0.3, -0.25) is 4.98 Å². The highest BCUT2D eigenvalue weighted by atomic mass is 16.5. The highest BCUT2D eigenvalue weighted by molar-refractivity contribution is 5.93. The van der Waals surface area contributed by atoms with Crippen LogP contribution in [0.5, 0.6) is 0 Å². The Bertz CT molecular complexity index is 1040. The van der Waals surface area contributed by atoms with Gasteiger partial charge >= 0.3 is 0 Å². The van der Waals surface area contributed by atoms with Crippen molar-refractivity contribution < 1.29 is 9.84 Å². The van der Waals surface area contributed by atoms with Crippen LogP contribution in [0.3, 0.4) is 0 Å². The normalized spacial score (nSPS) is 19.9. The van der Waals surface area contributed by atoms with Crippen LogP contribution in [0.2, 0.25) is 0 Å². The summed E-state index contributed by atoms with van der Waals surface area (Å²) < 4.78 is 5.22. The Morgan fingerprint density at radius 1 is 1.16 bits per heavy atom. The molecular formula is C23H30N6O2. The number of aliphatic hydroxyl groups is 1. The summed E-state index contributed by atoms with van der Waals surface area (Å²) >= 11 is 0. The first-order valence-corrected chi connectivity index (χ1v) is 10.8. The number of aromatic nitrogens is 4. The average molecular weight is 423 g/mol. The fourth-order valence-corrected chi connectivity index (χ4v) is 4.17. The van der Waals surface area contributed by atoms with E-state index in [1.54, 1.807) is 13.3 Å². The van der Waals surface area contributed by atoms with Crippen LogP contribution in [0.25, 0.3) is 10.9 Å². The second-order valence-electron chi connectivity index (χ2n) is 8.34. The third kappa shape index (κ3) is 5.08. The van der Waals surface area contributed by atoms with Gasteiger partial charge in [0.05, 0.1) is 23.6 Å². The predicted molar refractivity (Wildman–Crippen MR) is 122 cm³/mol. The van der Waals surface area contributed by atoms with Gasteiger partial charge in [-0.05, 0) is 57.6 Å². The van der Waals surface area contributed by atoms with E-state index in [2.05, 4.69) is 20.6 Å². The number of aliphatic hydroxyl groups excluding tert-OH is 1. The lowest BCUT2D eigenvalue weighted by Crippen LogP contribution is -2.22. The number of aryl methyl sites for hydroxylation is 1. The number of hydrogen-bond donors (Lipinski definition) is 3. The zero-order chi connectivity index (χ0) is 21.8. The van der Waals surface area contributed by atoms with Crippen LogP contribution in [-0.2, 0) is 4.74 Å². The Hall–Kier alpha value is -2.84. The van der Waals surface area contributed by atoms with Gasteiger partial charge in [0.15, 0.2) is 0 Å². The summed E-state index contributed by atoms with van der Waals surface area (Å²) in [5.74, 6) is 1.62. The Balaban J connectivity index is 1.73. The lowest BCUT2D eigenvalue weighted by molar-refractivity contribution is 0.122. The summed E-state index contributed by atoms with van der Waals surface area (Å²) in [6.07, 6.45) is 8.81. The van der Waals surface area contributed by atoms with E-state index < -0.39 is 0 Å². The molecule has 3 heterocycles. The molecule has 31 heavy (non-hydrogen) atoms. The molecule has 1 saturated carbocycles. The predicted octanol–water partition coefficient (Wildman–Crippen LogP) is 3.94. The van der Waals surface area contributed by atoms with Crippen molar-refractivity contribution in [2.75, 3.05) is 24.4 Å². The molecule has 0 aliphatic heterocycles. The van der Waals surface area contributed by atoms with E-state index in [4.69, 9.17) is 14.7 Å². The molecule has 8 nitrogen and oxygen atoms in total. The van der Waals surface area contributed by atoms with Crippen molar-refractivity contribution >= 4 is 28.4 Å². The molecule has 0 amide bonds. The number of fused-ring (bicyclic) bond motifs is 1. The summed E-state index contributed by atoms with van der Waals surface area (Å²) in [7, 11) is 1.68. The summed E-state index contributed by atoms with van der Waals surface area (Å²) in [6, 6.07) is 3.99. The third-order valence-electron chi connectivity index (χ3n) is 5.74. The molecule has 164 valence electrons. The molecule has 1 fully saturated rings. The van der Waals surface area contributed by atoms with Gasteiger partial charge in [0.2, 0.25) is 5.95 Å². The van der Waals surface area contributed by atoms with Gasteiger partial charge in [-0.15, -0.1) is 0 Å². The van der Waals surface area contributed by atoms with Crippen molar-refractivity contribution in [3.05, 3.63) is 42.0 Å². The van der Waals surface area contributed by atoms with Crippen molar-refractivity contribution in [2.45, 2.75) is 57.6 Å². The number of methoxy groups -OCH3 is 1. The molecule has 1 atom stereocenters. The lowest BCUT2D eigenvalue weighted by Gasteiger charge is -2.26.